The quantitative estimate of drug-likeness (QED) is 0.447. The number of amides is 1. The highest BCUT2D eigenvalue weighted by atomic mass is 32.2. The van der Waals surface area contributed by atoms with Gasteiger partial charge in [0, 0.05) is 6.54 Å². The van der Waals surface area contributed by atoms with Crippen molar-refractivity contribution < 1.29 is 27.4 Å². The second-order valence-corrected chi connectivity index (χ2v) is 8.75. The Bertz CT molecular complexity index is 1140. The van der Waals surface area contributed by atoms with Crippen LogP contribution in [0.25, 0.3) is 0 Å². The van der Waals surface area contributed by atoms with Crippen LogP contribution in [0.1, 0.15) is 11.1 Å². The van der Waals surface area contributed by atoms with E-state index in [2.05, 4.69) is 10.0 Å². The van der Waals surface area contributed by atoms with Crippen LogP contribution in [-0.2, 0) is 27.9 Å². The highest BCUT2D eigenvalue weighted by molar-refractivity contribution is 7.89. The topological polar surface area (TPSA) is 103 Å². The van der Waals surface area contributed by atoms with Crippen LogP contribution < -0.4 is 24.2 Å². The number of benzene rings is 3. The normalized spacial score (nSPS) is 11.0. The Labute approximate surface area is 193 Å². The van der Waals surface area contributed by atoms with E-state index < -0.39 is 10.0 Å². The summed E-state index contributed by atoms with van der Waals surface area (Å²) in [5, 5.41) is 2.76. The van der Waals surface area contributed by atoms with Crippen molar-refractivity contribution in [2.45, 2.75) is 18.0 Å². The fourth-order valence-electron chi connectivity index (χ4n) is 3.06. The second kappa shape index (κ2) is 11.3. The molecule has 0 aliphatic carbocycles. The van der Waals surface area contributed by atoms with Crippen LogP contribution in [0.2, 0.25) is 0 Å². The summed E-state index contributed by atoms with van der Waals surface area (Å²) in [6, 6.07) is 20.5. The summed E-state index contributed by atoms with van der Waals surface area (Å²) in [6.07, 6.45) is 0. The first-order valence-electron chi connectivity index (χ1n) is 10.2. The third-order valence-corrected chi connectivity index (χ3v) is 6.22. The monoisotopic (exact) mass is 470 g/mol. The Kier molecular flexibility index (Phi) is 8.28. The molecule has 8 nitrogen and oxygen atoms in total. The summed E-state index contributed by atoms with van der Waals surface area (Å²) in [6.45, 7) is 0.175. The van der Waals surface area contributed by atoms with E-state index in [-0.39, 0.29) is 30.5 Å². The van der Waals surface area contributed by atoms with E-state index in [1.54, 1.807) is 32.4 Å². The van der Waals surface area contributed by atoms with Gasteiger partial charge in [-0.15, -0.1) is 0 Å². The van der Waals surface area contributed by atoms with Gasteiger partial charge in [-0.1, -0.05) is 36.4 Å². The summed E-state index contributed by atoms with van der Waals surface area (Å²) in [5.41, 5.74) is 1.58. The van der Waals surface area contributed by atoms with Crippen LogP contribution >= 0.6 is 0 Å². The number of carbonyl (C=O) groups is 1. The average Bonchev–Trinajstić information content (AvgIpc) is 2.85. The largest absolute Gasteiger partial charge is 0.496 e. The molecule has 33 heavy (non-hydrogen) atoms. The molecule has 3 rings (SSSR count). The molecule has 0 heterocycles. The number of hydrogen-bond donors (Lipinski definition) is 2. The van der Waals surface area contributed by atoms with E-state index in [9.17, 15) is 13.2 Å². The maximum atomic E-state index is 12.5. The number of rotatable bonds is 11. The summed E-state index contributed by atoms with van der Waals surface area (Å²) in [7, 11) is -0.576. The Morgan fingerprint density at radius 2 is 1.45 bits per heavy atom. The number of carbonyl (C=O) groups excluding carboxylic acids is 1. The Hall–Kier alpha value is -3.56. The third kappa shape index (κ3) is 6.71. The number of sulfonamides is 1. The van der Waals surface area contributed by atoms with Crippen LogP contribution in [0.15, 0.2) is 77.7 Å². The molecule has 3 aromatic carbocycles. The predicted octanol–water partition coefficient (Wildman–Crippen LogP) is 2.88. The maximum absolute atomic E-state index is 12.5. The standard InChI is InChI=1S/C24H26N2O6S/c1-30-22-9-6-10-23(31-2)21(22)16-25-24(27)17-32-19-11-13-20(14-12-19)33(28,29)26-15-18-7-4-3-5-8-18/h3-14,26H,15-17H2,1-2H3,(H,25,27). The van der Waals surface area contributed by atoms with Crippen LogP contribution in [0.5, 0.6) is 17.2 Å². The molecule has 0 bridgehead atoms. The molecule has 1 amide bonds. The lowest BCUT2D eigenvalue weighted by Gasteiger charge is -2.14. The number of nitrogens with one attached hydrogen (secondary N) is 2. The van der Waals surface area contributed by atoms with Crippen molar-refractivity contribution in [3.63, 3.8) is 0 Å². The van der Waals surface area contributed by atoms with Crippen molar-refractivity contribution in [2.24, 2.45) is 0 Å². The van der Waals surface area contributed by atoms with Gasteiger partial charge in [0.1, 0.15) is 17.2 Å². The van der Waals surface area contributed by atoms with Gasteiger partial charge in [0.15, 0.2) is 6.61 Å². The van der Waals surface area contributed by atoms with Gasteiger partial charge in [-0.05, 0) is 42.0 Å². The lowest BCUT2D eigenvalue weighted by molar-refractivity contribution is -0.123. The smallest absolute Gasteiger partial charge is 0.258 e. The lowest BCUT2D eigenvalue weighted by Crippen LogP contribution is -2.28. The minimum absolute atomic E-state index is 0.110. The average molecular weight is 471 g/mol. The summed E-state index contributed by atoms with van der Waals surface area (Å²) >= 11 is 0. The second-order valence-electron chi connectivity index (χ2n) is 6.99. The zero-order valence-electron chi connectivity index (χ0n) is 18.4. The lowest BCUT2D eigenvalue weighted by atomic mass is 10.1. The van der Waals surface area contributed by atoms with Crippen molar-refractivity contribution in [1.29, 1.82) is 0 Å². The Balaban J connectivity index is 1.51. The molecule has 9 heteroatoms. The highest BCUT2D eigenvalue weighted by Crippen LogP contribution is 2.27. The zero-order chi connectivity index (χ0) is 23.7. The summed E-state index contributed by atoms with van der Waals surface area (Å²) in [5.74, 6) is 1.24. The highest BCUT2D eigenvalue weighted by Gasteiger charge is 2.14. The molecule has 0 aromatic heterocycles. The first-order chi connectivity index (χ1) is 15.9. The van der Waals surface area contributed by atoms with Gasteiger partial charge in [-0.25, -0.2) is 13.1 Å². The Morgan fingerprint density at radius 3 is 2.06 bits per heavy atom. The molecule has 2 N–H and O–H groups in total. The van der Waals surface area contributed by atoms with Crippen LogP contribution in [0.3, 0.4) is 0 Å². The number of methoxy groups -OCH3 is 2. The molecule has 0 fully saturated rings. The van der Waals surface area contributed by atoms with Gasteiger partial charge in [-0.2, -0.15) is 0 Å². The molecule has 0 spiro atoms. The van der Waals surface area contributed by atoms with Gasteiger partial charge in [0.05, 0.1) is 31.2 Å². The summed E-state index contributed by atoms with van der Waals surface area (Å²) < 4.78 is 43.6. The minimum atomic E-state index is -3.67. The molecule has 0 saturated heterocycles. The molecule has 0 aliphatic rings. The molecular formula is C24H26N2O6S. The van der Waals surface area contributed by atoms with E-state index in [0.717, 1.165) is 5.56 Å². The minimum Gasteiger partial charge on any atom is -0.496 e. The van der Waals surface area contributed by atoms with E-state index in [4.69, 9.17) is 14.2 Å². The number of ether oxygens (including phenoxy) is 3. The molecule has 0 atom stereocenters. The first-order valence-corrected chi connectivity index (χ1v) is 11.6. The van der Waals surface area contributed by atoms with Gasteiger partial charge in [0.25, 0.3) is 5.91 Å². The van der Waals surface area contributed by atoms with Crippen molar-refractivity contribution >= 4 is 15.9 Å². The van der Waals surface area contributed by atoms with Crippen molar-refractivity contribution in [3.8, 4) is 17.2 Å². The van der Waals surface area contributed by atoms with E-state index in [0.29, 0.717) is 22.8 Å². The predicted molar refractivity (Wildman–Crippen MR) is 124 cm³/mol. The van der Waals surface area contributed by atoms with Crippen molar-refractivity contribution in [2.75, 3.05) is 20.8 Å². The van der Waals surface area contributed by atoms with E-state index >= 15 is 0 Å². The molecule has 3 aromatic rings. The fourth-order valence-corrected chi connectivity index (χ4v) is 4.08. The molecule has 0 unspecified atom stereocenters. The molecule has 0 radical (unpaired) electrons. The van der Waals surface area contributed by atoms with Crippen LogP contribution in [0, 0.1) is 0 Å². The van der Waals surface area contributed by atoms with Crippen molar-refractivity contribution in [1.82, 2.24) is 10.0 Å². The summed E-state index contributed by atoms with van der Waals surface area (Å²) in [4.78, 5) is 12.3. The fraction of sp³-hybridized carbons (Fsp3) is 0.208. The van der Waals surface area contributed by atoms with Gasteiger partial charge >= 0.3 is 0 Å². The first kappa shape index (κ1) is 24.1. The zero-order valence-corrected chi connectivity index (χ0v) is 19.2. The van der Waals surface area contributed by atoms with Gasteiger partial charge in [0.2, 0.25) is 10.0 Å². The van der Waals surface area contributed by atoms with E-state index in [1.165, 1.54) is 24.3 Å². The van der Waals surface area contributed by atoms with Crippen LogP contribution in [0.4, 0.5) is 0 Å². The van der Waals surface area contributed by atoms with Gasteiger partial charge in [-0.3, -0.25) is 4.79 Å². The maximum Gasteiger partial charge on any atom is 0.258 e. The SMILES string of the molecule is COc1cccc(OC)c1CNC(=O)COc1ccc(S(=O)(=O)NCc2ccccc2)cc1. The molecule has 0 aliphatic heterocycles. The number of hydrogen-bond acceptors (Lipinski definition) is 6. The van der Waals surface area contributed by atoms with Crippen LogP contribution in [-0.4, -0.2) is 35.2 Å². The molecular weight excluding hydrogens is 444 g/mol. The molecule has 174 valence electrons. The van der Waals surface area contributed by atoms with E-state index in [1.807, 2.05) is 30.3 Å². The third-order valence-electron chi connectivity index (χ3n) is 4.81. The van der Waals surface area contributed by atoms with Gasteiger partial charge < -0.3 is 19.5 Å². The molecule has 0 saturated carbocycles. The van der Waals surface area contributed by atoms with Crippen molar-refractivity contribution in [3.05, 3.63) is 83.9 Å². The Morgan fingerprint density at radius 1 is 0.818 bits per heavy atom.